The zero-order valence-corrected chi connectivity index (χ0v) is 35.8. The molecule has 5 heteroatoms. The van der Waals surface area contributed by atoms with E-state index in [2.05, 4.69) is 146 Å². The number of aromatic nitrogens is 3. The van der Waals surface area contributed by atoms with Crippen LogP contribution >= 0.6 is 0 Å². The molecule has 14 rings (SSSR count). The van der Waals surface area contributed by atoms with Crippen molar-refractivity contribution in [3.8, 4) is 67.9 Å². The van der Waals surface area contributed by atoms with Gasteiger partial charge in [-0.15, -0.1) is 0 Å². The van der Waals surface area contributed by atoms with E-state index in [1.807, 2.05) is 60.7 Å². The van der Waals surface area contributed by atoms with Crippen molar-refractivity contribution in [1.29, 1.82) is 0 Å². The predicted octanol–water partition coefficient (Wildman–Crippen LogP) is 15.0. The van der Waals surface area contributed by atoms with E-state index in [4.69, 9.17) is 24.1 Å². The molecule has 0 amide bonds. The second kappa shape index (κ2) is 14.3. The van der Waals surface area contributed by atoms with Crippen LogP contribution in [0.5, 0.6) is 11.5 Å². The molecule has 2 aromatic heterocycles. The molecule has 0 fully saturated rings. The number of aryl methyl sites for hydroxylation is 1. The first kappa shape index (κ1) is 37.0. The van der Waals surface area contributed by atoms with Gasteiger partial charge in [0.25, 0.3) is 0 Å². The van der Waals surface area contributed by atoms with E-state index in [9.17, 15) is 0 Å². The van der Waals surface area contributed by atoms with E-state index in [-0.39, 0.29) is 5.92 Å². The number of ether oxygens (including phenoxy) is 1. The van der Waals surface area contributed by atoms with E-state index in [0.717, 1.165) is 63.0 Å². The molecular weight excluding hydrogens is 807 g/mol. The van der Waals surface area contributed by atoms with Crippen LogP contribution in [0.3, 0.4) is 0 Å². The Morgan fingerprint density at radius 2 is 1.03 bits per heavy atom. The summed E-state index contributed by atoms with van der Waals surface area (Å²) in [5.74, 6) is 3.80. The van der Waals surface area contributed by atoms with Crippen LogP contribution in [0.4, 0.5) is 0 Å². The smallest absolute Gasteiger partial charge is 0.167 e. The van der Waals surface area contributed by atoms with Crippen LogP contribution in [0.1, 0.15) is 51.3 Å². The van der Waals surface area contributed by atoms with Crippen LogP contribution in [-0.2, 0) is 11.8 Å². The summed E-state index contributed by atoms with van der Waals surface area (Å²) in [5.41, 5.74) is 17.7. The molecule has 66 heavy (non-hydrogen) atoms. The van der Waals surface area contributed by atoms with E-state index >= 15 is 0 Å². The zero-order chi connectivity index (χ0) is 43.3. The monoisotopic (exact) mass is 845 g/mol. The Labute approximate surface area is 381 Å². The number of hydrogen-bond donors (Lipinski definition) is 0. The SMILES string of the molecule is c1ccc(-c2nc(-c3ccccc3)nc(-c3cccc4c3oc3ccc(C5CCc6cc7c(cc6-c6ccccc65)C5(c6ccccc6O7)c6ccccc6-c6ccccc65)cc34)n2)cc1. The van der Waals surface area contributed by atoms with Gasteiger partial charge >= 0.3 is 0 Å². The minimum atomic E-state index is -0.521. The summed E-state index contributed by atoms with van der Waals surface area (Å²) in [6.07, 6.45) is 1.84. The molecule has 5 nitrogen and oxygen atoms in total. The molecule has 3 heterocycles. The third-order valence-electron chi connectivity index (χ3n) is 14.3. The fraction of sp³-hybridized carbons (Fsp3) is 0.0656. The van der Waals surface area contributed by atoms with Crippen molar-refractivity contribution in [2.24, 2.45) is 0 Å². The molecule has 3 aliphatic rings. The third kappa shape index (κ3) is 5.37. The number of benzene rings is 9. The van der Waals surface area contributed by atoms with E-state index < -0.39 is 5.41 Å². The summed E-state index contributed by atoms with van der Waals surface area (Å²) in [4.78, 5) is 15.1. The van der Waals surface area contributed by atoms with Gasteiger partial charge in [-0.1, -0.05) is 170 Å². The van der Waals surface area contributed by atoms with E-state index in [1.54, 1.807) is 0 Å². The van der Waals surface area contributed by atoms with Crippen LogP contribution < -0.4 is 4.74 Å². The molecule has 0 saturated carbocycles. The largest absolute Gasteiger partial charge is 0.457 e. The number of hydrogen-bond acceptors (Lipinski definition) is 5. The molecule has 1 unspecified atom stereocenters. The standard InChI is InChI=1S/C61H39N3O2/c1-3-16-37(17-4-1)58-62-59(38-18-5-2-6-19-38)64-60(63-58)47-25-15-24-46-49-34-39(31-33-54(49)66-57(46)47)41-32-30-40-35-56-53(36-48(40)43-21-8-7-20-42(41)43)61(52-28-13-14-29-55(52)65-56)50-26-11-9-22-44(50)45-23-10-12-27-51(45)61/h1-29,31,33-36,41H,30,32H2. The second-order valence-electron chi connectivity index (χ2n) is 17.7. The predicted molar refractivity (Wildman–Crippen MR) is 263 cm³/mol. The van der Waals surface area contributed by atoms with Gasteiger partial charge in [0.05, 0.1) is 11.0 Å². The molecule has 0 saturated heterocycles. The number of rotatable bonds is 4. The van der Waals surface area contributed by atoms with Gasteiger partial charge < -0.3 is 9.15 Å². The van der Waals surface area contributed by atoms with Crippen LogP contribution in [0.2, 0.25) is 0 Å². The Hall–Kier alpha value is -8.41. The lowest BCUT2D eigenvalue weighted by Gasteiger charge is -2.40. The van der Waals surface area contributed by atoms with Crippen molar-refractivity contribution < 1.29 is 9.15 Å². The van der Waals surface area contributed by atoms with Gasteiger partial charge in [-0.2, -0.15) is 0 Å². The van der Waals surface area contributed by atoms with Crippen molar-refractivity contribution in [2.45, 2.75) is 24.2 Å². The summed E-state index contributed by atoms with van der Waals surface area (Å²) in [6, 6.07) is 73.6. The van der Waals surface area contributed by atoms with Crippen molar-refractivity contribution in [3.05, 3.63) is 245 Å². The second-order valence-corrected chi connectivity index (χ2v) is 17.7. The maximum atomic E-state index is 6.96. The Morgan fingerprint density at radius 1 is 0.424 bits per heavy atom. The average Bonchev–Trinajstić information content (AvgIpc) is 3.85. The average molecular weight is 846 g/mol. The first-order chi connectivity index (χ1) is 32.7. The highest BCUT2D eigenvalue weighted by Crippen LogP contribution is 2.63. The summed E-state index contributed by atoms with van der Waals surface area (Å²) >= 11 is 0. The Bertz CT molecular complexity index is 3660. The first-order valence-electron chi connectivity index (χ1n) is 22.8. The van der Waals surface area contributed by atoms with Gasteiger partial charge in [0.1, 0.15) is 22.7 Å². The molecule has 1 aliphatic heterocycles. The van der Waals surface area contributed by atoms with Crippen LogP contribution in [0.25, 0.3) is 78.4 Å². The van der Waals surface area contributed by atoms with Gasteiger partial charge in [0.15, 0.2) is 17.5 Å². The van der Waals surface area contributed by atoms with E-state index in [0.29, 0.717) is 17.5 Å². The van der Waals surface area contributed by atoms with E-state index in [1.165, 1.54) is 61.2 Å². The maximum absolute atomic E-state index is 6.96. The lowest BCUT2D eigenvalue weighted by Crippen LogP contribution is -2.32. The van der Waals surface area contributed by atoms with Crippen molar-refractivity contribution in [1.82, 2.24) is 15.0 Å². The number of nitrogens with zero attached hydrogens (tertiary/aromatic N) is 3. The van der Waals surface area contributed by atoms with Crippen LogP contribution in [0, 0.1) is 0 Å². The highest BCUT2D eigenvalue weighted by Gasteiger charge is 2.51. The minimum absolute atomic E-state index is 0.147. The van der Waals surface area contributed by atoms with Gasteiger partial charge in [-0.05, 0) is 99.3 Å². The van der Waals surface area contributed by atoms with Crippen molar-refractivity contribution in [2.75, 3.05) is 0 Å². The molecule has 1 spiro atoms. The molecule has 1 atom stereocenters. The van der Waals surface area contributed by atoms with Gasteiger partial charge in [-0.25, -0.2) is 15.0 Å². The fourth-order valence-electron chi connectivity index (χ4n) is 11.4. The molecule has 310 valence electrons. The molecule has 0 bridgehead atoms. The molecule has 9 aromatic carbocycles. The zero-order valence-electron chi connectivity index (χ0n) is 35.8. The Morgan fingerprint density at radius 3 is 1.76 bits per heavy atom. The highest BCUT2D eigenvalue weighted by atomic mass is 16.5. The Balaban J connectivity index is 0.906. The van der Waals surface area contributed by atoms with Gasteiger partial charge in [0.2, 0.25) is 0 Å². The summed E-state index contributed by atoms with van der Waals surface area (Å²) in [5, 5.41) is 2.11. The third-order valence-corrected chi connectivity index (χ3v) is 14.3. The number of furan rings is 1. The molecule has 0 radical (unpaired) electrons. The topological polar surface area (TPSA) is 61.0 Å². The van der Waals surface area contributed by atoms with Gasteiger partial charge in [-0.3, -0.25) is 0 Å². The molecular formula is C61H39N3O2. The number of fused-ring (bicyclic) bond motifs is 15. The van der Waals surface area contributed by atoms with Gasteiger partial charge in [0, 0.05) is 38.9 Å². The molecule has 11 aromatic rings. The summed E-state index contributed by atoms with van der Waals surface area (Å²) < 4.78 is 13.7. The summed E-state index contributed by atoms with van der Waals surface area (Å²) in [6.45, 7) is 0. The number of para-hydroxylation sites is 2. The maximum Gasteiger partial charge on any atom is 0.167 e. The lowest BCUT2D eigenvalue weighted by molar-refractivity contribution is 0.435. The minimum Gasteiger partial charge on any atom is -0.457 e. The molecule has 2 aliphatic carbocycles. The first-order valence-corrected chi connectivity index (χ1v) is 22.8. The fourth-order valence-corrected chi connectivity index (χ4v) is 11.4. The highest BCUT2D eigenvalue weighted by molar-refractivity contribution is 6.09. The van der Waals surface area contributed by atoms with Crippen LogP contribution in [-0.4, -0.2) is 15.0 Å². The normalized spacial score (nSPS) is 14.9. The van der Waals surface area contributed by atoms with Crippen molar-refractivity contribution in [3.63, 3.8) is 0 Å². The van der Waals surface area contributed by atoms with Crippen molar-refractivity contribution >= 4 is 21.9 Å². The quantitative estimate of drug-likeness (QED) is 0.177. The lowest BCUT2D eigenvalue weighted by atomic mass is 9.65. The van der Waals surface area contributed by atoms with Crippen LogP contribution in [0.15, 0.2) is 211 Å². The Kier molecular flexibility index (Phi) is 8.02. The molecule has 0 N–H and O–H groups in total. The summed E-state index contributed by atoms with van der Waals surface area (Å²) in [7, 11) is 0.